The van der Waals surface area contributed by atoms with Gasteiger partial charge in [0, 0.05) is 23.5 Å². The van der Waals surface area contributed by atoms with E-state index >= 15 is 0 Å². The number of para-hydroxylation sites is 1. The first-order valence-corrected chi connectivity index (χ1v) is 9.97. The lowest BCUT2D eigenvalue weighted by Crippen LogP contribution is -2.36. The molecule has 4 nitrogen and oxygen atoms in total. The maximum absolute atomic E-state index is 12.5. The number of anilines is 2. The maximum atomic E-state index is 12.5. The number of nitrogens with zero attached hydrogens (tertiary/aromatic N) is 1. The van der Waals surface area contributed by atoms with Crippen LogP contribution in [0.2, 0.25) is 0 Å². The summed E-state index contributed by atoms with van der Waals surface area (Å²) < 4.78 is 0. The molecule has 0 radical (unpaired) electrons. The zero-order valence-electron chi connectivity index (χ0n) is 15.9. The second-order valence-corrected chi connectivity index (χ2v) is 7.31. The van der Waals surface area contributed by atoms with Crippen molar-refractivity contribution in [1.29, 1.82) is 0 Å². The number of amides is 1. The Morgan fingerprint density at radius 2 is 1.61 bits per heavy atom. The van der Waals surface area contributed by atoms with Crippen LogP contribution in [-0.2, 0) is 0 Å². The Hall–Kier alpha value is -3.14. The predicted molar refractivity (Wildman–Crippen MR) is 114 cm³/mol. The van der Waals surface area contributed by atoms with Crippen molar-refractivity contribution in [2.24, 2.45) is 0 Å². The molecular weight excluding hydrogens is 346 g/mol. The second-order valence-electron chi connectivity index (χ2n) is 7.31. The molecule has 0 atom stereocenters. The van der Waals surface area contributed by atoms with Gasteiger partial charge < -0.3 is 10.6 Å². The van der Waals surface area contributed by atoms with E-state index < -0.39 is 0 Å². The van der Waals surface area contributed by atoms with Crippen molar-refractivity contribution in [3.63, 3.8) is 0 Å². The van der Waals surface area contributed by atoms with Crippen LogP contribution in [-0.4, -0.2) is 16.9 Å². The summed E-state index contributed by atoms with van der Waals surface area (Å²) in [6, 6.07) is 22.1. The third-order valence-corrected chi connectivity index (χ3v) is 5.23. The van der Waals surface area contributed by atoms with Gasteiger partial charge in [-0.15, -0.1) is 0 Å². The number of pyridine rings is 1. The lowest BCUT2D eigenvalue weighted by Gasteiger charge is -2.22. The summed E-state index contributed by atoms with van der Waals surface area (Å²) in [6.07, 6.45) is 7.70. The fraction of sp³-hybridized carbons (Fsp3) is 0.250. The third-order valence-electron chi connectivity index (χ3n) is 5.23. The maximum Gasteiger partial charge on any atom is 0.251 e. The summed E-state index contributed by atoms with van der Waals surface area (Å²) >= 11 is 0. The molecule has 3 aromatic rings. The van der Waals surface area contributed by atoms with Crippen molar-refractivity contribution in [2.75, 3.05) is 5.32 Å². The zero-order chi connectivity index (χ0) is 19.2. The molecule has 1 amide bonds. The van der Waals surface area contributed by atoms with Crippen LogP contribution in [0.25, 0.3) is 11.1 Å². The largest absolute Gasteiger partial charge is 0.349 e. The van der Waals surface area contributed by atoms with E-state index in [9.17, 15) is 4.79 Å². The van der Waals surface area contributed by atoms with E-state index in [0.29, 0.717) is 11.6 Å². The van der Waals surface area contributed by atoms with E-state index in [2.05, 4.69) is 15.6 Å². The van der Waals surface area contributed by atoms with Crippen LogP contribution >= 0.6 is 0 Å². The highest BCUT2D eigenvalue weighted by molar-refractivity contribution is 5.94. The van der Waals surface area contributed by atoms with Crippen LogP contribution in [0.1, 0.15) is 42.5 Å². The molecule has 2 aromatic carbocycles. The molecule has 0 bridgehead atoms. The molecule has 0 unspecified atom stereocenters. The number of hydrogen-bond acceptors (Lipinski definition) is 3. The van der Waals surface area contributed by atoms with Crippen molar-refractivity contribution >= 4 is 17.4 Å². The van der Waals surface area contributed by atoms with E-state index in [-0.39, 0.29) is 5.91 Å². The minimum atomic E-state index is 0.0274. The van der Waals surface area contributed by atoms with E-state index in [4.69, 9.17) is 0 Å². The minimum absolute atomic E-state index is 0.0274. The molecular formula is C24H25N3O. The van der Waals surface area contributed by atoms with Crippen LogP contribution in [0.4, 0.5) is 11.5 Å². The molecule has 1 aliphatic carbocycles. The van der Waals surface area contributed by atoms with Gasteiger partial charge in [-0.25, -0.2) is 4.98 Å². The summed E-state index contributed by atoms with van der Waals surface area (Å²) in [5.41, 5.74) is 3.84. The van der Waals surface area contributed by atoms with Gasteiger partial charge in [0.25, 0.3) is 5.91 Å². The number of carbonyl (C=O) groups is 1. The number of benzene rings is 2. The smallest absolute Gasteiger partial charge is 0.251 e. The van der Waals surface area contributed by atoms with Gasteiger partial charge in [-0.05, 0) is 60.4 Å². The van der Waals surface area contributed by atoms with Crippen LogP contribution in [0.5, 0.6) is 0 Å². The SMILES string of the molecule is O=C(NC1CCCCC1)c1ccc(-c2ccnc(Nc3ccccc3)c2)cc1. The number of aromatic nitrogens is 1. The summed E-state index contributed by atoms with van der Waals surface area (Å²) in [5, 5.41) is 6.49. The number of rotatable bonds is 5. The Bertz CT molecular complexity index is 916. The normalized spacial score (nSPS) is 14.4. The Morgan fingerprint density at radius 3 is 2.36 bits per heavy atom. The summed E-state index contributed by atoms with van der Waals surface area (Å²) in [4.78, 5) is 16.9. The Balaban J connectivity index is 1.44. The van der Waals surface area contributed by atoms with Crippen molar-refractivity contribution in [2.45, 2.75) is 38.1 Å². The first-order valence-electron chi connectivity index (χ1n) is 9.97. The molecule has 28 heavy (non-hydrogen) atoms. The lowest BCUT2D eigenvalue weighted by atomic mass is 9.95. The van der Waals surface area contributed by atoms with Gasteiger partial charge in [-0.1, -0.05) is 49.6 Å². The Kier molecular flexibility index (Phi) is 5.66. The topological polar surface area (TPSA) is 54.0 Å². The first kappa shape index (κ1) is 18.2. The average Bonchev–Trinajstić information content (AvgIpc) is 2.75. The van der Waals surface area contributed by atoms with Crippen molar-refractivity contribution in [1.82, 2.24) is 10.3 Å². The molecule has 4 rings (SSSR count). The Morgan fingerprint density at radius 1 is 0.857 bits per heavy atom. The fourth-order valence-electron chi connectivity index (χ4n) is 3.68. The molecule has 4 heteroatoms. The van der Waals surface area contributed by atoms with Crippen LogP contribution in [0.15, 0.2) is 72.9 Å². The third kappa shape index (κ3) is 4.58. The second kappa shape index (κ2) is 8.70. The molecule has 1 fully saturated rings. The summed E-state index contributed by atoms with van der Waals surface area (Å²) in [7, 11) is 0. The molecule has 0 aliphatic heterocycles. The molecule has 142 valence electrons. The highest BCUT2D eigenvalue weighted by Crippen LogP contribution is 2.24. The number of hydrogen-bond donors (Lipinski definition) is 2. The molecule has 2 N–H and O–H groups in total. The van der Waals surface area contributed by atoms with Gasteiger partial charge in [-0.3, -0.25) is 4.79 Å². The van der Waals surface area contributed by atoms with Gasteiger partial charge in [-0.2, -0.15) is 0 Å². The molecule has 0 saturated heterocycles. The molecule has 0 spiro atoms. The molecule has 1 heterocycles. The van der Waals surface area contributed by atoms with E-state index in [1.54, 1.807) is 6.20 Å². The molecule has 1 saturated carbocycles. The predicted octanol–water partition coefficient (Wildman–Crippen LogP) is 5.55. The quantitative estimate of drug-likeness (QED) is 0.618. The van der Waals surface area contributed by atoms with Crippen LogP contribution < -0.4 is 10.6 Å². The summed E-state index contributed by atoms with van der Waals surface area (Å²) in [6.45, 7) is 0. The van der Waals surface area contributed by atoms with E-state index in [1.807, 2.05) is 66.7 Å². The van der Waals surface area contributed by atoms with E-state index in [1.165, 1.54) is 19.3 Å². The zero-order valence-corrected chi connectivity index (χ0v) is 15.9. The van der Waals surface area contributed by atoms with Crippen molar-refractivity contribution in [3.8, 4) is 11.1 Å². The van der Waals surface area contributed by atoms with Crippen molar-refractivity contribution < 1.29 is 4.79 Å². The lowest BCUT2D eigenvalue weighted by molar-refractivity contribution is 0.0927. The van der Waals surface area contributed by atoms with Gasteiger partial charge in [0.05, 0.1) is 0 Å². The van der Waals surface area contributed by atoms with Crippen molar-refractivity contribution in [3.05, 3.63) is 78.5 Å². The summed E-state index contributed by atoms with van der Waals surface area (Å²) in [5.74, 6) is 0.822. The highest BCUT2D eigenvalue weighted by atomic mass is 16.1. The minimum Gasteiger partial charge on any atom is -0.349 e. The van der Waals surface area contributed by atoms with Gasteiger partial charge in [0.15, 0.2) is 0 Å². The fourth-order valence-corrected chi connectivity index (χ4v) is 3.68. The standard InChI is InChI=1S/C24H25N3O/c28-24(27-22-9-5-2-6-10-22)19-13-11-18(12-14-19)20-15-16-25-23(17-20)26-21-7-3-1-4-8-21/h1,3-4,7-8,11-17,22H,2,5-6,9-10H2,(H,25,26)(H,27,28). The highest BCUT2D eigenvalue weighted by Gasteiger charge is 2.16. The van der Waals surface area contributed by atoms with Crippen LogP contribution in [0, 0.1) is 0 Å². The first-order chi connectivity index (χ1) is 13.8. The Labute approximate surface area is 166 Å². The molecule has 1 aromatic heterocycles. The van der Waals surface area contributed by atoms with Gasteiger partial charge in [0.1, 0.15) is 5.82 Å². The molecule has 1 aliphatic rings. The van der Waals surface area contributed by atoms with Gasteiger partial charge in [0.2, 0.25) is 0 Å². The monoisotopic (exact) mass is 371 g/mol. The number of nitrogens with one attached hydrogen (secondary N) is 2. The number of carbonyl (C=O) groups excluding carboxylic acids is 1. The van der Waals surface area contributed by atoms with Crippen LogP contribution in [0.3, 0.4) is 0 Å². The average molecular weight is 371 g/mol. The van der Waals surface area contributed by atoms with Gasteiger partial charge >= 0.3 is 0 Å². The van der Waals surface area contributed by atoms with E-state index in [0.717, 1.165) is 35.5 Å².